The molecule has 0 saturated carbocycles. The van der Waals surface area contributed by atoms with Crippen LogP contribution < -0.4 is 0 Å². The molecule has 0 aliphatic heterocycles. The van der Waals surface area contributed by atoms with Crippen LogP contribution in [0.3, 0.4) is 0 Å². The molecule has 0 fully saturated rings. The molecule has 6 rings (SSSR count). The van der Waals surface area contributed by atoms with Gasteiger partial charge in [-0.15, -0.1) is 11.3 Å². The fourth-order valence-corrected chi connectivity index (χ4v) is 5.73. The molecule has 0 radical (unpaired) electrons. The molecule has 152 valence electrons. The summed E-state index contributed by atoms with van der Waals surface area (Å²) in [7, 11) is 0. The van der Waals surface area contributed by atoms with E-state index in [-0.39, 0.29) is 0 Å². The van der Waals surface area contributed by atoms with E-state index in [1.807, 2.05) is 60.7 Å². The number of benzene rings is 4. The Morgan fingerprint density at radius 2 is 1.09 bits per heavy atom. The van der Waals surface area contributed by atoms with Gasteiger partial charge in [-0.25, -0.2) is 15.0 Å². The summed E-state index contributed by atoms with van der Waals surface area (Å²) < 4.78 is 3.64. The minimum Gasteiger partial charge on any atom is -0.208 e. The van der Waals surface area contributed by atoms with Crippen molar-refractivity contribution in [1.82, 2.24) is 15.0 Å². The number of fused-ring (bicyclic) bond motifs is 3. The Morgan fingerprint density at radius 1 is 0.531 bits per heavy atom. The Kier molecular flexibility index (Phi) is 4.92. The van der Waals surface area contributed by atoms with Gasteiger partial charge in [0.2, 0.25) is 0 Å². The second kappa shape index (κ2) is 8.07. The molecule has 0 atom stereocenters. The lowest BCUT2D eigenvalue weighted by molar-refractivity contribution is 1.07. The summed E-state index contributed by atoms with van der Waals surface area (Å²) in [6.07, 6.45) is 0. The normalized spacial score (nSPS) is 11.3. The highest BCUT2D eigenvalue weighted by atomic mass is 127. The maximum atomic E-state index is 4.97. The third-order valence-electron chi connectivity index (χ3n) is 5.42. The number of aromatic nitrogens is 3. The molecule has 3 nitrogen and oxygen atoms in total. The van der Waals surface area contributed by atoms with E-state index in [9.17, 15) is 0 Å². The van der Waals surface area contributed by atoms with Crippen LogP contribution in [-0.4, -0.2) is 15.0 Å². The number of hydrogen-bond acceptors (Lipinski definition) is 4. The molecule has 0 amide bonds. The second-order valence-electron chi connectivity index (χ2n) is 7.43. The van der Waals surface area contributed by atoms with Crippen LogP contribution in [0.2, 0.25) is 0 Å². The number of rotatable bonds is 3. The average molecular weight is 541 g/mol. The highest BCUT2D eigenvalue weighted by Crippen LogP contribution is 2.41. The SMILES string of the molecule is Ic1ccc2sc3ccccc3c2c1-c1nc(-c2ccccc2)nc(-c2ccccc2)n1. The highest BCUT2D eigenvalue weighted by molar-refractivity contribution is 14.1. The summed E-state index contributed by atoms with van der Waals surface area (Å²) in [4.78, 5) is 14.8. The molecule has 6 aromatic rings. The van der Waals surface area contributed by atoms with E-state index < -0.39 is 0 Å². The van der Waals surface area contributed by atoms with Crippen LogP contribution >= 0.6 is 33.9 Å². The summed E-state index contributed by atoms with van der Waals surface area (Å²) in [5.41, 5.74) is 3.02. The molecule has 0 unspecified atom stereocenters. The first kappa shape index (κ1) is 19.5. The molecule has 0 N–H and O–H groups in total. The number of thiophene rings is 1. The quantitative estimate of drug-likeness (QED) is 0.214. The van der Waals surface area contributed by atoms with Crippen molar-refractivity contribution in [1.29, 1.82) is 0 Å². The first-order valence-electron chi connectivity index (χ1n) is 10.2. The van der Waals surface area contributed by atoms with Crippen LogP contribution in [0, 0.1) is 3.57 Å². The van der Waals surface area contributed by atoms with E-state index in [0.29, 0.717) is 17.5 Å². The molecule has 5 heteroatoms. The zero-order valence-corrected chi connectivity index (χ0v) is 19.8. The van der Waals surface area contributed by atoms with E-state index in [2.05, 4.69) is 59.0 Å². The highest BCUT2D eigenvalue weighted by Gasteiger charge is 2.19. The van der Waals surface area contributed by atoms with Gasteiger partial charge in [-0.1, -0.05) is 78.9 Å². The van der Waals surface area contributed by atoms with Crippen molar-refractivity contribution < 1.29 is 0 Å². The van der Waals surface area contributed by atoms with E-state index in [4.69, 9.17) is 15.0 Å². The van der Waals surface area contributed by atoms with E-state index in [1.54, 1.807) is 11.3 Å². The van der Waals surface area contributed by atoms with Gasteiger partial charge in [0.25, 0.3) is 0 Å². The number of halogens is 1. The molecule has 2 aromatic heterocycles. The van der Waals surface area contributed by atoms with Crippen LogP contribution in [-0.2, 0) is 0 Å². The van der Waals surface area contributed by atoms with Crippen molar-refractivity contribution in [2.45, 2.75) is 0 Å². The monoisotopic (exact) mass is 541 g/mol. The third-order valence-corrected chi connectivity index (χ3v) is 7.45. The molecule has 0 saturated heterocycles. The predicted octanol–water partition coefficient (Wildman–Crippen LogP) is 7.85. The minimum absolute atomic E-state index is 0.682. The maximum absolute atomic E-state index is 4.97. The Labute approximate surface area is 203 Å². The first-order valence-corrected chi connectivity index (χ1v) is 12.1. The fourth-order valence-electron chi connectivity index (χ4n) is 3.93. The largest absolute Gasteiger partial charge is 0.208 e. The molecular weight excluding hydrogens is 525 g/mol. The average Bonchev–Trinajstić information content (AvgIpc) is 3.23. The van der Waals surface area contributed by atoms with Crippen molar-refractivity contribution >= 4 is 54.1 Å². The van der Waals surface area contributed by atoms with Crippen molar-refractivity contribution in [3.05, 3.63) is 101 Å². The van der Waals surface area contributed by atoms with Gasteiger partial charge < -0.3 is 0 Å². The molecule has 0 aliphatic carbocycles. The zero-order valence-electron chi connectivity index (χ0n) is 16.9. The molecular formula is C27H16IN3S. The van der Waals surface area contributed by atoms with Gasteiger partial charge in [-0.05, 0) is 40.8 Å². The van der Waals surface area contributed by atoms with Crippen molar-refractivity contribution in [3.63, 3.8) is 0 Å². The summed E-state index contributed by atoms with van der Waals surface area (Å²) >= 11 is 4.21. The lowest BCUT2D eigenvalue weighted by Gasteiger charge is -2.11. The third kappa shape index (κ3) is 3.38. The zero-order chi connectivity index (χ0) is 21.5. The van der Waals surface area contributed by atoms with E-state index in [1.165, 1.54) is 20.2 Å². The molecule has 2 heterocycles. The van der Waals surface area contributed by atoms with Gasteiger partial charge in [-0.3, -0.25) is 0 Å². The van der Waals surface area contributed by atoms with Gasteiger partial charge in [0, 0.05) is 40.4 Å². The maximum Gasteiger partial charge on any atom is 0.165 e. The smallest absolute Gasteiger partial charge is 0.165 e. The van der Waals surface area contributed by atoms with Crippen LogP contribution in [0.5, 0.6) is 0 Å². The Balaban J connectivity index is 1.69. The number of hydrogen-bond donors (Lipinski definition) is 0. The standard InChI is InChI=1S/C27H16IN3S/c28-20-15-16-22-23(19-13-7-8-14-21(19)32-22)24(20)27-30-25(17-9-3-1-4-10-17)29-26(31-27)18-11-5-2-6-12-18/h1-16H. The summed E-state index contributed by atoms with van der Waals surface area (Å²) in [5.74, 6) is 2.07. The molecule has 0 aliphatic rings. The van der Waals surface area contributed by atoms with Crippen molar-refractivity contribution in [2.75, 3.05) is 0 Å². The van der Waals surface area contributed by atoms with Crippen molar-refractivity contribution in [3.8, 4) is 34.2 Å². The fraction of sp³-hybridized carbons (Fsp3) is 0. The molecule has 0 bridgehead atoms. The Morgan fingerprint density at radius 3 is 1.75 bits per heavy atom. The Bertz CT molecular complexity index is 1520. The van der Waals surface area contributed by atoms with Gasteiger partial charge in [-0.2, -0.15) is 0 Å². The predicted molar refractivity (Wildman–Crippen MR) is 142 cm³/mol. The summed E-state index contributed by atoms with van der Waals surface area (Å²) in [5, 5.41) is 2.45. The van der Waals surface area contributed by atoms with Crippen LogP contribution in [0.4, 0.5) is 0 Å². The lowest BCUT2D eigenvalue weighted by atomic mass is 10.1. The first-order chi connectivity index (χ1) is 15.8. The topological polar surface area (TPSA) is 38.7 Å². The Hall–Kier alpha value is -3.16. The number of nitrogens with zero attached hydrogens (tertiary/aromatic N) is 3. The van der Waals surface area contributed by atoms with Gasteiger partial charge in [0.1, 0.15) is 0 Å². The van der Waals surface area contributed by atoms with E-state index >= 15 is 0 Å². The molecule has 32 heavy (non-hydrogen) atoms. The van der Waals surface area contributed by atoms with Crippen molar-refractivity contribution in [2.24, 2.45) is 0 Å². The van der Waals surface area contributed by atoms with Gasteiger partial charge in [0.15, 0.2) is 17.5 Å². The summed E-state index contributed by atoms with van der Waals surface area (Å²) in [6.45, 7) is 0. The van der Waals surface area contributed by atoms with Gasteiger partial charge >= 0.3 is 0 Å². The van der Waals surface area contributed by atoms with Crippen LogP contribution in [0.1, 0.15) is 0 Å². The summed E-state index contributed by atoms with van der Waals surface area (Å²) in [6, 6.07) is 33.1. The second-order valence-corrected chi connectivity index (χ2v) is 9.68. The van der Waals surface area contributed by atoms with Crippen LogP contribution in [0.25, 0.3) is 54.3 Å². The van der Waals surface area contributed by atoms with Gasteiger partial charge in [0.05, 0.1) is 0 Å². The lowest BCUT2D eigenvalue weighted by Crippen LogP contribution is -2.01. The molecule has 4 aromatic carbocycles. The minimum atomic E-state index is 0.682. The van der Waals surface area contributed by atoms with E-state index in [0.717, 1.165) is 20.3 Å². The van der Waals surface area contributed by atoms with Crippen LogP contribution in [0.15, 0.2) is 97.1 Å². The molecule has 0 spiro atoms.